The van der Waals surface area contributed by atoms with E-state index in [0.717, 1.165) is 6.07 Å². The van der Waals surface area contributed by atoms with Crippen LogP contribution in [0.25, 0.3) is 0 Å². The van der Waals surface area contributed by atoms with E-state index in [2.05, 4.69) is 5.32 Å². The van der Waals surface area contributed by atoms with Crippen molar-refractivity contribution in [3.63, 3.8) is 0 Å². The molecule has 2 aliphatic heterocycles. The minimum absolute atomic E-state index is 0.0553. The Morgan fingerprint density at radius 3 is 2.67 bits per heavy atom. The SMILES string of the molecule is Cc1c(F)cc2c(c1F)CN(C1CCC(=O)NC1=O)C2=O. The van der Waals surface area contributed by atoms with Crippen LogP contribution in [-0.2, 0) is 16.1 Å². The van der Waals surface area contributed by atoms with Gasteiger partial charge in [-0.15, -0.1) is 0 Å². The van der Waals surface area contributed by atoms with Crippen molar-refractivity contribution in [2.75, 3.05) is 0 Å². The zero-order chi connectivity index (χ0) is 15.3. The van der Waals surface area contributed by atoms with Crippen molar-refractivity contribution in [2.24, 2.45) is 0 Å². The summed E-state index contributed by atoms with van der Waals surface area (Å²) in [5.41, 5.74) is -0.101. The number of fused-ring (bicyclic) bond motifs is 1. The molecule has 2 heterocycles. The van der Waals surface area contributed by atoms with Gasteiger partial charge in [0.05, 0.1) is 12.1 Å². The first-order valence-corrected chi connectivity index (χ1v) is 6.52. The van der Waals surface area contributed by atoms with Crippen LogP contribution in [0.2, 0.25) is 0 Å². The molecule has 0 radical (unpaired) electrons. The molecule has 110 valence electrons. The predicted molar refractivity (Wildman–Crippen MR) is 67.1 cm³/mol. The van der Waals surface area contributed by atoms with Crippen LogP contribution < -0.4 is 5.32 Å². The third kappa shape index (κ3) is 2.00. The molecule has 3 amide bonds. The third-order valence-corrected chi connectivity index (χ3v) is 3.95. The molecule has 5 nitrogen and oxygen atoms in total. The summed E-state index contributed by atoms with van der Waals surface area (Å²) in [6, 6.07) is 0.174. The van der Waals surface area contributed by atoms with Gasteiger partial charge in [0.1, 0.15) is 17.7 Å². The lowest BCUT2D eigenvalue weighted by Gasteiger charge is -2.29. The summed E-state index contributed by atoms with van der Waals surface area (Å²) in [6.45, 7) is 1.21. The molecule has 1 aromatic rings. The highest BCUT2D eigenvalue weighted by Crippen LogP contribution is 2.31. The zero-order valence-electron chi connectivity index (χ0n) is 11.2. The number of hydrogen-bond donors (Lipinski definition) is 1. The maximum atomic E-state index is 14.1. The van der Waals surface area contributed by atoms with Gasteiger partial charge in [0.2, 0.25) is 11.8 Å². The Balaban J connectivity index is 1.96. The summed E-state index contributed by atoms with van der Waals surface area (Å²) in [5.74, 6) is -3.10. The number of piperidine rings is 1. The molecule has 2 aliphatic rings. The summed E-state index contributed by atoms with van der Waals surface area (Å²) in [7, 11) is 0. The standard InChI is InChI=1S/C14H12F2N2O3/c1-6-9(15)4-7-8(12(6)16)5-18(14(7)21)10-2-3-11(19)17-13(10)20/h4,10H,2-3,5H2,1H3,(H,17,19,20). The Kier molecular flexibility index (Phi) is 3.00. The summed E-state index contributed by atoms with van der Waals surface area (Å²) < 4.78 is 27.6. The van der Waals surface area contributed by atoms with Crippen LogP contribution in [-0.4, -0.2) is 28.7 Å². The number of carbonyl (C=O) groups excluding carboxylic acids is 3. The van der Waals surface area contributed by atoms with Gasteiger partial charge in [-0.1, -0.05) is 0 Å². The van der Waals surface area contributed by atoms with Crippen LogP contribution in [0, 0.1) is 18.6 Å². The molecule has 1 aromatic carbocycles. The van der Waals surface area contributed by atoms with E-state index in [1.165, 1.54) is 11.8 Å². The monoisotopic (exact) mass is 294 g/mol. The van der Waals surface area contributed by atoms with E-state index in [-0.39, 0.29) is 36.1 Å². The molecule has 3 rings (SSSR count). The van der Waals surface area contributed by atoms with Crippen molar-refractivity contribution < 1.29 is 23.2 Å². The lowest BCUT2D eigenvalue weighted by Crippen LogP contribution is -2.52. The van der Waals surface area contributed by atoms with Crippen molar-refractivity contribution in [3.05, 3.63) is 34.4 Å². The van der Waals surface area contributed by atoms with Gasteiger partial charge >= 0.3 is 0 Å². The Bertz CT molecular complexity index is 687. The average molecular weight is 294 g/mol. The number of rotatable bonds is 1. The number of nitrogens with zero attached hydrogens (tertiary/aromatic N) is 1. The number of carbonyl (C=O) groups is 3. The third-order valence-electron chi connectivity index (χ3n) is 3.95. The molecule has 1 atom stereocenters. The Hall–Kier alpha value is -2.31. The smallest absolute Gasteiger partial charge is 0.255 e. The van der Waals surface area contributed by atoms with Crippen LogP contribution in [0.4, 0.5) is 8.78 Å². The highest BCUT2D eigenvalue weighted by molar-refractivity contribution is 6.05. The number of benzene rings is 1. The summed E-state index contributed by atoms with van der Waals surface area (Å²) in [5, 5.41) is 2.15. The molecule has 0 saturated carbocycles. The second-order valence-corrected chi connectivity index (χ2v) is 5.22. The highest BCUT2D eigenvalue weighted by atomic mass is 19.1. The van der Waals surface area contributed by atoms with Crippen LogP contribution >= 0.6 is 0 Å². The molecule has 0 bridgehead atoms. The van der Waals surface area contributed by atoms with Crippen molar-refractivity contribution in [1.82, 2.24) is 10.2 Å². The van der Waals surface area contributed by atoms with Crippen LogP contribution in [0.15, 0.2) is 6.07 Å². The lowest BCUT2D eigenvalue weighted by atomic mass is 10.0. The Morgan fingerprint density at radius 2 is 2.00 bits per heavy atom. The van der Waals surface area contributed by atoms with Crippen molar-refractivity contribution in [3.8, 4) is 0 Å². The Morgan fingerprint density at radius 1 is 1.29 bits per heavy atom. The van der Waals surface area contributed by atoms with E-state index < -0.39 is 35.4 Å². The van der Waals surface area contributed by atoms with Gasteiger partial charge in [-0.2, -0.15) is 0 Å². The fraction of sp³-hybridized carbons (Fsp3) is 0.357. The molecule has 0 aromatic heterocycles. The number of halogens is 2. The first-order valence-electron chi connectivity index (χ1n) is 6.52. The van der Waals surface area contributed by atoms with Gasteiger partial charge in [0, 0.05) is 17.5 Å². The van der Waals surface area contributed by atoms with Crippen molar-refractivity contribution >= 4 is 17.7 Å². The van der Waals surface area contributed by atoms with E-state index in [1.54, 1.807) is 0 Å². The minimum atomic E-state index is -0.828. The molecule has 1 unspecified atom stereocenters. The Labute approximate surface area is 118 Å². The van der Waals surface area contributed by atoms with Gasteiger partial charge in [0.15, 0.2) is 0 Å². The number of amides is 3. The van der Waals surface area contributed by atoms with Gasteiger partial charge in [-0.3, -0.25) is 19.7 Å². The van der Waals surface area contributed by atoms with Crippen molar-refractivity contribution in [1.29, 1.82) is 0 Å². The first-order chi connectivity index (χ1) is 9.90. The fourth-order valence-electron chi connectivity index (χ4n) is 2.74. The topological polar surface area (TPSA) is 66.5 Å². The van der Waals surface area contributed by atoms with Crippen LogP contribution in [0.1, 0.15) is 34.3 Å². The average Bonchev–Trinajstić information content (AvgIpc) is 2.74. The summed E-state index contributed by atoms with van der Waals surface area (Å²) >= 11 is 0. The van der Waals surface area contributed by atoms with E-state index in [0.29, 0.717) is 0 Å². The zero-order valence-corrected chi connectivity index (χ0v) is 11.2. The van der Waals surface area contributed by atoms with Crippen LogP contribution in [0.3, 0.4) is 0 Å². The molecule has 1 saturated heterocycles. The largest absolute Gasteiger partial charge is 0.322 e. The molecular weight excluding hydrogens is 282 g/mol. The van der Waals surface area contributed by atoms with Gasteiger partial charge in [0.25, 0.3) is 5.91 Å². The van der Waals surface area contributed by atoms with Gasteiger partial charge < -0.3 is 4.90 Å². The molecule has 7 heteroatoms. The van der Waals surface area contributed by atoms with Crippen LogP contribution in [0.5, 0.6) is 0 Å². The van der Waals surface area contributed by atoms with Gasteiger partial charge in [-0.05, 0) is 19.4 Å². The number of nitrogens with one attached hydrogen (secondary N) is 1. The number of imide groups is 1. The molecule has 1 fully saturated rings. The molecule has 0 spiro atoms. The highest BCUT2D eigenvalue weighted by Gasteiger charge is 2.40. The maximum absolute atomic E-state index is 14.1. The second-order valence-electron chi connectivity index (χ2n) is 5.22. The van der Waals surface area contributed by atoms with E-state index in [4.69, 9.17) is 0 Å². The lowest BCUT2D eigenvalue weighted by molar-refractivity contribution is -0.136. The predicted octanol–water partition coefficient (Wildman–Crippen LogP) is 1.03. The molecule has 0 aliphatic carbocycles. The van der Waals surface area contributed by atoms with E-state index in [1.807, 2.05) is 0 Å². The minimum Gasteiger partial charge on any atom is -0.322 e. The second kappa shape index (κ2) is 4.61. The van der Waals surface area contributed by atoms with Gasteiger partial charge in [-0.25, -0.2) is 8.78 Å². The normalized spacial score (nSPS) is 21.6. The van der Waals surface area contributed by atoms with Crippen molar-refractivity contribution in [2.45, 2.75) is 32.4 Å². The molecule has 21 heavy (non-hydrogen) atoms. The fourth-order valence-corrected chi connectivity index (χ4v) is 2.74. The first kappa shape index (κ1) is 13.7. The summed E-state index contributed by atoms with van der Waals surface area (Å²) in [4.78, 5) is 36.4. The quantitative estimate of drug-likeness (QED) is 0.787. The molecule has 1 N–H and O–H groups in total. The maximum Gasteiger partial charge on any atom is 0.255 e. The number of hydrogen-bond acceptors (Lipinski definition) is 3. The molecular formula is C14H12F2N2O3. The summed E-state index contributed by atoms with van der Waals surface area (Å²) in [6.07, 6.45) is 0.305. The van der Waals surface area contributed by atoms with E-state index in [9.17, 15) is 23.2 Å². The van der Waals surface area contributed by atoms with E-state index >= 15 is 0 Å².